The van der Waals surface area contributed by atoms with Crippen LogP contribution in [0.3, 0.4) is 0 Å². The number of carbonyl (C=O) groups excluding carboxylic acids is 1. The van der Waals surface area contributed by atoms with E-state index in [2.05, 4.69) is 26.1 Å². The van der Waals surface area contributed by atoms with Gasteiger partial charge in [-0.3, -0.25) is 4.79 Å². The Morgan fingerprint density at radius 3 is 2.64 bits per heavy atom. The fourth-order valence-corrected chi connectivity index (χ4v) is 5.46. The monoisotopic (exact) mass is 504 g/mol. The maximum Gasteiger partial charge on any atom is 0.227 e. The van der Waals surface area contributed by atoms with Gasteiger partial charge in [-0.25, -0.2) is 4.68 Å². The molecule has 0 saturated carbocycles. The molecule has 0 amide bonds. The van der Waals surface area contributed by atoms with E-state index in [-0.39, 0.29) is 17.2 Å². The molecule has 0 fully saturated rings. The van der Waals surface area contributed by atoms with Gasteiger partial charge in [0.2, 0.25) is 11.1 Å². The predicted molar refractivity (Wildman–Crippen MR) is 142 cm³/mol. The number of anilines is 1. The van der Waals surface area contributed by atoms with E-state index in [1.807, 2.05) is 60.1 Å². The molecule has 0 bridgehead atoms. The summed E-state index contributed by atoms with van der Waals surface area (Å²) in [7, 11) is 0. The summed E-state index contributed by atoms with van der Waals surface area (Å²) in [5, 5.41) is 8.91. The molecule has 1 N–H and O–H groups in total. The molecule has 7 nitrogen and oxygen atoms in total. The van der Waals surface area contributed by atoms with Crippen LogP contribution in [0, 0.1) is 5.41 Å². The van der Waals surface area contributed by atoms with E-state index in [1.54, 1.807) is 11.8 Å². The Bertz CT molecular complexity index is 1300. The molecule has 36 heavy (non-hydrogen) atoms. The predicted octanol–water partition coefficient (Wildman–Crippen LogP) is 6.03. The van der Waals surface area contributed by atoms with Crippen molar-refractivity contribution in [1.82, 2.24) is 14.8 Å². The molecule has 0 radical (unpaired) electrons. The van der Waals surface area contributed by atoms with Crippen molar-refractivity contribution in [1.29, 1.82) is 0 Å². The largest absolute Gasteiger partial charge is 0.490 e. The minimum atomic E-state index is -0.374. The number of nitrogens with one attached hydrogen (secondary N) is 1. The second-order valence-corrected chi connectivity index (χ2v) is 11.1. The number of nitrogens with zero attached hydrogens (tertiary/aromatic N) is 3. The number of benzene rings is 2. The van der Waals surface area contributed by atoms with Crippen LogP contribution in [0.5, 0.6) is 11.5 Å². The molecule has 1 aliphatic heterocycles. The number of allylic oxidation sites excluding steroid dienone is 2. The Hall–Kier alpha value is -3.26. The number of carbonyl (C=O) groups is 1. The third-order valence-electron chi connectivity index (χ3n) is 6.41. The van der Waals surface area contributed by atoms with Crippen LogP contribution < -0.4 is 14.8 Å². The summed E-state index contributed by atoms with van der Waals surface area (Å²) in [5.74, 6) is 3.01. The lowest BCUT2D eigenvalue weighted by molar-refractivity contribution is -0.118. The van der Waals surface area contributed by atoms with Crippen molar-refractivity contribution in [3.05, 3.63) is 70.9 Å². The minimum absolute atomic E-state index is 0.109. The molecular weight excluding hydrogens is 472 g/mol. The topological polar surface area (TPSA) is 78.3 Å². The van der Waals surface area contributed by atoms with E-state index < -0.39 is 0 Å². The molecule has 0 spiro atoms. The van der Waals surface area contributed by atoms with Gasteiger partial charge in [0.25, 0.3) is 0 Å². The molecule has 2 heterocycles. The zero-order chi connectivity index (χ0) is 25.3. The van der Waals surface area contributed by atoms with Crippen molar-refractivity contribution in [3.8, 4) is 11.5 Å². The summed E-state index contributed by atoms with van der Waals surface area (Å²) in [6, 6.07) is 15.6. The number of rotatable bonds is 8. The lowest BCUT2D eigenvalue weighted by Gasteiger charge is -2.38. The van der Waals surface area contributed by atoms with Crippen molar-refractivity contribution in [2.45, 2.75) is 58.3 Å². The van der Waals surface area contributed by atoms with Gasteiger partial charge in [-0.15, -0.1) is 5.10 Å². The molecular formula is C28H32N4O3S. The Labute approximate surface area is 216 Å². The molecule has 1 unspecified atom stereocenters. The van der Waals surface area contributed by atoms with Crippen molar-refractivity contribution in [2.24, 2.45) is 5.41 Å². The average Bonchev–Trinajstić information content (AvgIpc) is 3.24. The Balaban J connectivity index is 1.55. The third kappa shape index (κ3) is 4.87. The van der Waals surface area contributed by atoms with E-state index in [1.165, 1.54) is 0 Å². The molecule has 3 aromatic rings. The van der Waals surface area contributed by atoms with Gasteiger partial charge in [-0.2, -0.15) is 4.98 Å². The maximum atomic E-state index is 13.5. The second-order valence-electron chi connectivity index (χ2n) is 9.87. The van der Waals surface area contributed by atoms with E-state index >= 15 is 0 Å². The summed E-state index contributed by atoms with van der Waals surface area (Å²) >= 11 is 1.59. The highest BCUT2D eigenvalue weighted by atomic mass is 32.2. The van der Waals surface area contributed by atoms with Gasteiger partial charge in [-0.1, -0.05) is 68.9 Å². The van der Waals surface area contributed by atoms with E-state index in [9.17, 15) is 4.79 Å². The van der Waals surface area contributed by atoms with Crippen LogP contribution in [0.4, 0.5) is 5.95 Å². The first-order valence-corrected chi connectivity index (χ1v) is 13.4. The average molecular weight is 505 g/mol. The summed E-state index contributed by atoms with van der Waals surface area (Å²) in [6.07, 6.45) is 1.28. The molecule has 2 aromatic carbocycles. The quantitative estimate of drug-likeness (QED) is 0.376. The summed E-state index contributed by atoms with van der Waals surface area (Å²) in [6.45, 7) is 9.25. The highest BCUT2D eigenvalue weighted by molar-refractivity contribution is 7.99. The van der Waals surface area contributed by atoms with Crippen LogP contribution in [-0.4, -0.2) is 32.9 Å². The van der Waals surface area contributed by atoms with Crippen LogP contribution in [0.2, 0.25) is 0 Å². The molecule has 1 aromatic heterocycles. The third-order valence-corrected chi connectivity index (χ3v) is 7.13. The van der Waals surface area contributed by atoms with Gasteiger partial charge in [0.1, 0.15) is 12.6 Å². The minimum Gasteiger partial charge on any atom is -0.490 e. The van der Waals surface area contributed by atoms with Crippen LogP contribution in [0.25, 0.3) is 0 Å². The summed E-state index contributed by atoms with van der Waals surface area (Å²) in [5.41, 5.74) is 3.60. The number of hydrogen-bond donors (Lipinski definition) is 1. The molecule has 8 heteroatoms. The van der Waals surface area contributed by atoms with Crippen LogP contribution in [-0.2, 0) is 11.4 Å². The standard InChI is InChI=1S/C28H32N4O3S/c1-5-34-23-14-19(12-13-22(23)35-17-18-10-8-7-9-11-18)25-24-20(15-28(3,4)16-21(24)33)29-26-30-27(36-6-2)31-32(25)26/h7-14,25H,5-6,15-17H2,1-4H3,(H,29,30,31). The second kappa shape index (κ2) is 10.0. The van der Waals surface area contributed by atoms with Crippen molar-refractivity contribution < 1.29 is 14.3 Å². The van der Waals surface area contributed by atoms with E-state index in [4.69, 9.17) is 19.6 Å². The Kier molecular flexibility index (Phi) is 6.79. The maximum absolute atomic E-state index is 13.5. The Morgan fingerprint density at radius 2 is 1.89 bits per heavy atom. The molecule has 5 rings (SSSR count). The number of aromatic nitrogens is 3. The van der Waals surface area contributed by atoms with Crippen molar-refractivity contribution >= 4 is 23.5 Å². The SMILES string of the molecule is CCOc1cc(C2C3=C(CC(C)(C)CC3=O)Nc3nc(SCC)nn32)ccc1OCc1ccccc1. The number of thioether (sulfide) groups is 1. The highest BCUT2D eigenvalue weighted by Crippen LogP contribution is 2.46. The molecule has 2 aliphatic rings. The lowest BCUT2D eigenvalue weighted by atomic mass is 9.73. The highest BCUT2D eigenvalue weighted by Gasteiger charge is 2.42. The fraction of sp³-hybridized carbons (Fsp3) is 0.393. The normalized spacial score (nSPS) is 18.3. The zero-order valence-corrected chi connectivity index (χ0v) is 22.0. The van der Waals surface area contributed by atoms with Gasteiger partial charge in [0.15, 0.2) is 17.3 Å². The number of ketones is 1. The van der Waals surface area contributed by atoms with Gasteiger partial charge in [0.05, 0.1) is 6.61 Å². The van der Waals surface area contributed by atoms with Gasteiger partial charge in [-0.05, 0) is 47.8 Å². The molecule has 0 saturated heterocycles. The number of hydrogen-bond acceptors (Lipinski definition) is 7. The van der Waals surface area contributed by atoms with Gasteiger partial charge in [0, 0.05) is 17.7 Å². The fourth-order valence-electron chi connectivity index (χ4n) is 4.91. The first-order chi connectivity index (χ1) is 17.4. The van der Waals surface area contributed by atoms with Crippen LogP contribution in [0.1, 0.15) is 57.7 Å². The van der Waals surface area contributed by atoms with E-state index in [0.717, 1.165) is 34.6 Å². The number of ether oxygens (including phenoxy) is 2. The number of fused-ring (bicyclic) bond motifs is 1. The summed E-state index contributed by atoms with van der Waals surface area (Å²) in [4.78, 5) is 18.2. The molecule has 188 valence electrons. The lowest BCUT2D eigenvalue weighted by Crippen LogP contribution is -2.36. The molecule has 1 aliphatic carbocycles. The zero-order valence-electron chi connectivity index (χ0n) is 21.2. The smallest absolute Gasteiger partial charge is 0.227 e. The summed E-state index contributed by atoms with van der Waals surface area (Å²) < 4.78 is 14.0. The molecule has 1 atom stereocenters. The number of Topliss-reactive ketones (excluding diaryl/α,β-unsaturated/α-hetero) is 1. The first-order valence-electron chi connectivity index (χ1n) is 12.4. The van der Waals surface area contributed by atoms with Crippen molar-refractivity contribution in [3.63, 3.8) is 0 Å². The van der Waals surface area contributed by atoms with Crippen LogP contribution in [0.15, 0.2) is 65.0 Å². The first kappa shape index (κ1) is 24.4. The van der Waals surface area contributed by atoms with Gasteiger partial charge >= 0.3 is 0 Å². The van der Waals surface area contributed by atoms with Gasteiger partial charge < -0.3 is 14.8 Å². The Morgan fingerprint density at radius 1 is 1.08 bits per heavy atom. The van der Waals surface area contributed by atoms with Crippen molar-refractivity contribution in [2.75, 3.05) is 17.7 Å². The van der Waals surface area contributed by atoms with E-state index in [0.29, 0.717) is 42.2 Å². The van der Waals surface area contributed by atoms with Crippen LogP contribution >= 0.6 is 11.8 Å².